The number of carbonyl (C=O) groups is 1. The van der Waals surface area contributed by atoms with E-state index in [0.717, 1.165) is 16.9 Å². The zero-order chi connectivity index (χ0) is 20.1. The van der Waals surface area contributed by atoms with Crippen LogP contribution in [0.5, 0.6) is 5.75 Å². The molecular formula is C20H17N5O2S2. The zero-order valence-corrected chi connectivity index (χ0v) is 17.1. The first-order valence-corrected chi connectivity index (χ1v) is 10.6. The van der Waals surface area contributed by atoms with Gasteiger partial charge in [0.15, 0.2) is 10.3 Å². The van der Waals surface area contributed by atoms with E-state index in [-0.39, 0.29) is 11.7 Å². The molecule has 0 unspecified atom stereocenters. The van der Waals surface area contributed by atoms with Gasteiger partial charge in [0.25, 0.3) is 0 Å². The van der Waals surface area contributed by atoms with E-state index in [2.05, 4.69) is 20.5 Å². The summed E-state index contributed by atoms with van der Waals surface area (Å²) in [5.74, 6) is 0.738. The van der Waals surface area contributed by atoms with Gasteiger partial charge in [0.05, 0.1) is 24.2 Å². The van der Waals surface area contributed by atoms with Crippen LogP contribution in [0.1, 0.15) is 0 Å². The number of aromatic nitrogens is 4. The van der Waals surface area contributed by atoms with Crippen LogP contribution >= 0.6 is 23.1 Å². The summed E-state index contributed by atoms with van der Waals surface area (Å²) >= 11 is 2.70. The van der Waals surface area contributed by atoms with Gasteiger partial charge in [0.2, 0.25) is 5.91 Å². The molecule has 0 spiro atoms. The van der Waals surface area contributed by atoms with Gasteiger partial charge in [-0.25, -0.2) is 4.98 Å². The lowest BCUT2D eigenvalue weighted by molar-refractivity contribution is -0.113. The summed E-state index contributed by atoms with van der Waals surface area (Å²) in [6.45, 7) is 0. The van der Waals surface area contributed by atoms with Crippen LogP contribution in [0.25, 0.3) is 16.9 Å². The summed E-state index contributed by atoms with van der Waals surface area (Å²) in [7, 11) is 1.61. The summed E-state index contributed by atoms with van der Waals surface area (Å²) in [6, 6.07) is 17.4. The maximum atomic E-state index is 12.4. The molecule has 4 rings (SSSR count). The van der Waals surface area contributed by atoms with Gasteiger partial charge in [0, 0.05) is 10.9 Å². The first-order valence-electron chi connectivity index (χ1n) is 8.71. The van der Waals surface area contributed by atoms with Gasteiger partial charge in [0.1, 0.15) is 12.1 Å². The van der Waals surface area contributed by atoms with Crippen molar-refractivity contribution in [2.75, 3.05) is 18.2 Å². The fourth-order valence-corrected chi connectivity index (χ4v) is 4.13. The lowest BCUT2D eigenvalue weighted by Crippen LogP contribution is -2.14. The molecule has 7 nitrogen and oxygen atoms in total. The van der Waals surface area contributed by atoms with Crippen LogP contribution in [0, 0.1) is 0 Å². The number of benzene rings is 2. The molecule has 0 atom stereocenters. The number of thiazole rings is 1. The third-order valence-electron chi connectivity index (χ3n) is 4.01. The monoisotopic (exact) mass is 423 g/mol. The Kier molecular flexibility index (Phi) is 5.87. The minimum Gasteiger partial charge on any atom is -0.495 e. The molecule has 4 aromatic rings. The van der Waals surface area contributed by atoms with Gasteiger partial charge in [-0.3, -0.25) is 9.36 Å². The normalized spacial score (nSPS) is 10.7. The second-order valence-electron chi connectivity index (χ2n) is 5.90. The second-order valence-corrected chi connectivity index (χ2v) is 7.70. The average Bonchev–Trinajstić information content (AvgIpc) is 3.42. The van der Waals surface area contributed by atoms with Crippen LogP contribution in [-0.4, -0.2) is 38.5 Å². The minimum atomic E-state index is -0.154. The van der Waals surface area contributed by atoms with E-state index < -0.39 is 0 Å². The van der Waals surface area contributed by atoms with Gasteiger partial charge in [-0.2, -0.15) is 0 Å². The van der Waals surface area contributed by atoms with Crippen LogP contribution in [0.3, 0.4) is 0 Å². The second kappa shape index (κ2) is 8.89. The Morgan fingerprint density at radius 3 is 2.79 bits per heavy atom. The van der Waals surface area contributed by atoms with Crippen molar-refractivity contribution in [2.24, 2.45) is 0 Å². The maximum absolute atomic E-state index is 12.4. The van der Waals surface area contributed by atoms with Gasteiger partial charge < -0.3 is 10.1 Å². The number of carbonyl (C=O) groups excluding carboxylic acids is 1. The van der Waals surface area contributed by atoms with Crippen molar-refractivity contribution >= 4 is 34.1 Å². The molecule has 9 heteroatoms. The molecule has 1 amide bonds. The van der Waals surface area contributed by atoms with Crippen molar-refractivity contribution in [1.82, 2.24) is 19.7 Å². The van der Waals surface area contributed by atoms with E-state index >= 15 is 0 Å². The first kappa shape index (κ1) is 19.2. The predicted octanol–water partition coefficient (Wildman–Crippen LogP) is 4.13. The fraction of sp³-hybridized carbons (Fsp3) is 0.100. The summed E-state index contributed by atoms with van der Waals surface area (Å²) in [4.78, 5) is 16.9. The SMILES string of the molecule is COc1ccccc1-n1cnnc1SCC(=O)Nc1nc(-c2ccccc2)cs1. The summed E-state index contributed by atoms with van der Waals surface area (Å²) < 4.78 is 7.19. The number of amides is 1. The highest BCUT2D eigenvalue weighted by Crippen LogP contribution is 2.27. The van der Waals surface area contributed by atoms with E-state index in [1.54, 1.807) is 18.0 Å². The lowest BCUT2D eigenvalue weighted by Gasteiger charge is -2.10. The van der Waals surface area contributed by atoms with Crippen LogP contribution in [-0.2, 0) is 4.79 Å². The molecule has 1 N–H and O–H groups in total. The Morgan fingerprint density at radius 1 is 1.17 bits per heavy atom. The molecule has 0 saturated carbocycles. The van der Waals surface area contributed by atoms with Crippen molar-refractivity contribution in [2.45, 2.75) is 5.16 Å². The van der Waals surface area contributed by atoms with Crippen molar-refractivity contribution < 1.29 is 9.53 Å². The molecule has 146 valence electrons. The number of rotatable bonds is 7. The fourth-order valence-electron chi connectivity index (χ4n) is 2.67. The Hall–Kier alpha value is -3.17. The molecule has 0 aliphatic heterocycles. The Morgan fingerprint density at radius 2 is 1.97 bits per heavy atom. The van der Waals surface area contributed by atoms with Crippen molar-refractivity contribution in [1.29, 1.82) is 0 Å². The number of nitrogens with zero attached hydrogens (tertiary/aromatic N) is 4. The Bertz CT molecular complexity index is 1110. The predicted molar refractivity (Wildman–Crippen MR) is 115 cm³/mol. The zero-order valence-electron chi connectivity index (χ0n) is 15.5. The molecule has 2 aromatic heterocycles. The molecule has 2 heterocycles. The lowest BCUT2D eigenvalue weighted by atomic mass is 10.2. The van der Waals surface area contributed by atoms with Gasteiger partial charge in [-0.1, -0.05) is 54.2 Å². The largest absolute Gasteiger partial charge is 0.495 e. The number of hydrogen-bond acceptors (Lipinski definition) is 7. The van der Waals surface area contributed by atoms with Crippen molar-refractivity contribution in [3.8, 4) is 22.7 Å². The first-order chi connectivity index (χ1) is 14.2. The third kappa shape index (κ3) is 4.47. The van der Waals surface area contributed by atoms with E-state index in [1.165, 1.54) is 23.1 Å². The van der Waals surface area contributed by atoms with Crippen LogP contribution in [0.15, 0.2) is 71.5 Å². The summed E-state index contributed by atoms with van der Waals surface area (Å²) in [6.07, 6.45) is 1.60. The number of anilines is 1. The molecule has 2 aromatic carbocycles. The number of para-hydroxylation sites is 2. The number of methoxy groups -OCH3 is 1. The molecule has 0 radical (unpaired) electrons. The molecule has 0 fully saturated rings. The Balaban J connectivity index is 1.40. The van der Waals surface area contributed by atoms with Crippen molar-refractivity contribution in [3.63, 3.8) is 0 Å². The summed E-state index contributed by atoms with van der Waals surface area (Å²) in [5.41, 5.74) is 2.67. The minimum absolute atomic E-state index is 0.154. The number of hydrogen-bond donors (Lipinski definition) is 1. The topological polar surface area (TPSA) is 81.9 Å². The van der Waals surface area contributed by atoms with Crippen molar-refractivity contribution in [3.05, 3.63) is 66.3 Å². The molecule has 0 aliphatic carbocycles. The maximum Gasteiger partial charge on any atom is 0.236 e. The van der Waals surface area contributed by atoms with E-state index in [9.17, 15) is 4.79 Å². The van der Waals surface area contributed by atoms with Crippen LogP contribution in [0.2, 0.25) is 0 Å². The number of nitrogens with one attached hydrogen (secondary N) is 1. The molecule has 29 heavy (non-hydrogen) atoms. The number of thioether (sulfide) groups is 1. The standard InChI is InChI=1S/C20H17N5O2S2/c1-27-17-10-6-5-9-16(17)25-13-21-24-20(25)29-12-18(26)23-19-22-15(11-28-19)14-7-3-2-4-8-14/h2-11,13H,12H2,1H3,(H,22,23,26). The average molecular weight is 424 g/mol. The third-order valence-corrected chi connectivity index (χ3v) is 5.71. The quantitative estimate of drug-likeness (QED) is 0.450. The van der Waals surface area contributed by atoms with E-state index in [0.29, 0.717) is 16.0 Å². The van der Waals surface area contributed by atoms with Crippen LogP contribution < -0.4 is 10.1 Å². The van der Waals surface area contributed by atoms with Gasteiger partial charge >= 0.3 is 0 Å². The molecule has 0 aliphatic rings. The summed E-state index contributed by atoms with van der Waals surface area (Å²) in [5, 5.41) is 14.0. The highest BCUT2D eigenvalue weighted by molar-refractivity contribution is 7.99. The molecule has 0 saturated heterocycles. The molecule has 0 bridgehead atoms. The highest BCUT2D eigenvalue weighted by atomic mass is 32.2. The number of ether oxygens (including phenoxy) is 1. The highest BCUT2D eigenvalue weighted by Gasteiger charge is 2.14. The Labute approximate surface area is 175 Å². The van der Waals surface area contributed by atoms with Crippen LogP contribution in [0.4, 0.5) is 5.13 Å². The van der Waals surface area contributed by atoms with E-state index in [1.807, 2.05) is 60.0 Å². The van der Waals surface area contributed by atoms with Gasteiger partial charge in [-0.05, 0) is 12.1 Å². The van der Waals surface area contributed by atoms with Gasteiger partial charge in [-0.15, -0.1) is 21.5 Å². The van der Waals surface area contributed by atoms with E-state index in [4.69, 9.17) is 4.74 Å². The smallest absolute Gasteiger partial charge is 0.236 e. The molecular weight excluding hydrogens is 406 g/mol.